The third-order valence-electron chi connectivity index (χ3n) is 2.94. The summed E-state index contributed by atoms with van der Waals surface area (Å²) < 4.78 is 32.2. The number of aliphatic hydroxyl groups excluding tert-OH is 1. The average molecular weight is 278 g/mol. The molecular weight excluding hydrogens is 266 g/mol. The van der Waals surface area contributed by atoms with E-state index in [1.165, 1.54) is 12.1 Å². The molecule has 1 N–H and O–H groups in total. The topological polar surface area (TPSA) is 46.5 Å². The summed E-state index contributed by atoms with van der Waals surface area (Å²) in [5, 5.41) is 8.94. The maximum Gasteiger partial charge on any atom is 0.340 e. The van der Waals surface area contributed by atoms with E-state index in [-0.39, 0.29) is 12.2 Å². The predicted molar refractivity (Wildman–Crippen MR) is 69.1 cm³/mol. The van der Waals surface area contributed by atoms with Crippen LogP contribution in [-0.2, 0) is 11.3 Å². The fourth-order valence-corrected chi connectivity index (χ4v) is 1.83. The molecule has 2 aromatic carbocycles. The molecule has 104 valence electrons. The van der Waals surface area contributed by atoms with Gasteiger partial charge in [-0.25, -0.2) is 13.6 Å². The Kier molecular flexibility index (Phi) is 4.10. The largest absolute Gasteiger partial charge is 0.465 e. The molecule has 0 heterocycles. The molecule has 0 aliphatic rings. The van der Waals surface area contributed by atoms with E-state index in [0.717, 1.165) is 7.11 Å². The first-order valence-electron chi connectivity index (χ1n) is 5.85. The number of halogens is 2. The van der Waals surface area contributed by atoms with Crippen LogP contribution < -0.4 is 0 Å². The van der Waals surface area contributed by atoms with Crippen LogP contribution in [0.4, 0.5) is 8.78 Å². The highest BCUT2D eigenvalue weighted by Crippen LogP contribution is 2.27. The van der Waals surface area contributed by atoms with E-state index in [9.17, 15) is 13.6 Å². The van der Waals surface area contributed by atoms with Crippen LogP contribution in [0.5, 0.6) is 0 Å². The highest BCUT2D eigenvalue weighted by Gasteiger charge is 2.19. The predicted octanol–water partition coefficient (Wildman–Crippen LogP) is 2.91. The van der Waals surface area contributed by atoms with Crippen LogP contribution in [0.1, 0.15) is 15.9 Å². The Morgan fingerprint density at radius 2 is 1.75 bits per heavy atom. The van der Waals surface area contributed by atoms with Crippen LogP contribution in [0.3, 0.4) is 0 Å². The number of aliphatic hydroxyl groups is 1. The number of carbonyl (C=O) groups is 1. The van der Waals surface area contributed by atoms with Crippen LogP contribution in [0.25, 0.3) is 11.1 Å². The zero-order chi connectivity index (χ0) is 14.7. The number of ether oxygens (including phenoxy) is 1. The summed E-state index contributed by atoms with van der Waals surface area (Å²) >= 11 is 0. The Morgan fingerprint density at radius 1 is 1.10 bits per heavy atom. The van der Waals surface area contributed by atoms with E-state index in [1.807, 2.05) is 0 Å². The lowest BCUT2D eigenvalue weighted by Crippen LogP contribution is -2.06. The zero-order valence-electron chi connectivity index (χ0n) is 10.7. The Bertz CT molecular complexity index is 636. The van der Waals surface area contributed by atoms with Gasteiger partial charge < -0.3 is 9.84 Å². The van der Waals surface area contributed by atoms with Gasteiger partial charge in [0.25, 0.3) is 0 Å². The Balaban J connectivity index is 2.47. The minimum atomic E-state index is -1.24. The van der Waals surface area contributed by atoms with Gasteiger partial charge in [-0.2, -0.15) is 0 Å². The van der Waals surface area contributed by atoms with E-state index < -0.39 is 23.2 Å². The van der Waals surface area contributed by atoms with Gasteiger partial charge in [-0.15, -0.1) is 0 Å². The van der Waals surface area contributed by atoms with E-state index >= 15 is 0 Å². The second-order valence-corrected chi connectivity index (χ2v) is 4.14. The van der Waals surface area contributed by atoms with Crippen molar-refractivity contribution < 1.29 is 23.4 Å². The molecule has 0 fully saturated rings. The molecule has 2 rings (SSSR count). The summed E-state index contributed by atoms with van der Waals surface area (Å²) in [6.07, 6.45) is 0. The standard InChI is InChI=1S/C15H12F2O3/c1-20-15(19)12-7-6-11(13(16)14(12)17)10-4-2-9(8-18)3-5-10/h2-7,18H,8H2,1H3. The number of rotatable bonds is 3. The number of methoxy groups -OCH3 is 1. The molecule has 0 atom stereocenters. The Morgan fingerprint density at radius 3 is 2.30 bits per heavy atom. The summed E-state index contributed by atoms with van der Waals surface area (Å²) in [5.41, 5.74) is 0.719. The van der Waals surface area contributed by atoms with Gasteiger partial charge in [0.2, 0.25) is 0 Å². The lowest BCUT2D eigenvalue weighted by Gasteiger charge is -2.08. The summed E-state index contributed by atoms with van der Waals surface area (Å²) in [6, 6.07) is 8.86. The molecular formula is C15H12F2O3. The zero-order valence-corrected chi connectivity index (χ0v) is 10.7. The molecule has 20 heavy (non-hydrogen) atoms. The van der Waals surface area contributed by atoms with Crippen molar-refractivity contribution in [2.45, 2.75) is 6.61 Å². The third-order valence-corrected chi connectivity index (χ3v) is 2.94. The second-order valence-electron chi connectivity index (χ2n) is 4.14. The molecule has 0 aliphatic heterocycles. The van der Waals surface area contributed by atoms with Gasteiger partial charge in [0.05, 0.1) is 19.3 Å². The van der Waals surface area contributed by atoms with Crippen LogP contribution >= 0.6 is 0 Å². The van der Waals surface area contributed by atoms with Crippen LogP contribution in [-0.4, -0.2) is 18.2 Å². The normalized spacial score (nSPS) is 10.4. The van der Waals surface area contributed by atoms with Crippen molar-refractivity contribution in [1.29, 1.82) is 0 Å². The molecule has 2 aromatic rings. The molecule has 0 unspecified atom stereocenters. The minimum Gasteiger partial charge on any atom is -0.465 e. The number of carbonyl (C=O) groups excluding carboxylic acids is 1. The fraction of sp³-hybridized carbons (Fsp3) is 0.133. The Labute approximate surface area is 114 Å². The van der Waals surface area contributed by atoms with Crippen molar-refractivity contribution in [3.63, 3.8) is 0 Å². The first-order valence-corrected chi connectivity index (χ1v) is 5.85. The number of esters is 1. The maximum atomic E-state index is 14.0. The summed E-state index contributed by atoms with van der Waals surface area (Å²) in [4.78, 5) is 11.3. The first-order chi connectivity index (χ1) is 9.58. The minimum absolute atomic E-state index is 0.0413. The number of benzene rings is 2. The molecule has 0 spiro atoms. The quantitative estimate of drug-likeness (QED) is 0.878. The van der Waals surface area contributed by atoms with Crippen molar-refractivity contribution in [3.05, 3.63) is 59.2 Å². The fourth-order valence-electron chi connectivity index (χ4n) is 1.83. The maximum absolute atomic E-state index is 14.0. The summed E-state index contributed by atoms with van der Waals surface area (Å²) in [5.74, 6) is -3.27. The van der Waals surface area contributed by atoms with E-state index in [2.05, 4.69) is 4.74 Å². The van der Waals surface area contributed by atoms with Crippen LogP contribution in [0.15, 0.2) is 36.4 Å². The van der Waals surface area contributed by atoms with Crippen LogP contribution in [0.2, 0.25) is 0 Å². The monoisotopic (exact) mass is 278 g/mol. The van der Waals surface area contributed by atoms with Gasteiger partial charge in [-0.3, -0.25) is 0 Å². The summed E-state index contributed by atoms with van der Waals surface area (Å²) in [7, 11) is 1.10. The molecule has 0 amide bonds. The molecule has 5 heteroatoms. The van der Waals surface area contributed by atoms with E-state index in [1.54, 1.807) is 24.3 Å². The molecule has 0 aliphatic carbocycles. The smallest absolute Gasteiger partial charge is 0.340 e. The van der Waals surface area contributed by atoms with E-state index in [4.69, 9.17) is 5.11 Å². The van der Waals surface area contributed by atoms with Gasteiger partial charge in [-0.1, -0.05) is 30.3 Å². The van der Waals surface area contributed by atoms with Crippen molar-refractivity contribution in [1.82, 2.24) is 0 Å². The second kappa shape index (κ2) is 5.79. The van der Waals surface area contributed by atoms with Gasteiger partial charge in [0.1, 0.15) is 0 Å². The van der Waals surface area contributed by atoms with Crippen LogP contribution in [0, 0.1) is 11.6 Å². The average Bonchev–Trinajstić information content (AvgIpc) is 2.49. The van der Waals surface area contributed by atoms with Crippen molar-refractivity contribution >= 4 is 5.97 Å². The molecule has 0 bridgehead atoms. The lowest BCUT2D eigenvalue weighted by atomic mass is 10.0. The van der Waals surface area contributed by atoms with Crippen molar-refractivity contribution in [3.8, 4) is 11.1 Å². The first kappa shape index (κ1) is 14.1. The highest BCUT2D eigenvalue weighted by molar-refractivity contribution is 5.90. The third kappa shape index (κ3) is 2.53. The molecule has 0 saturated carbocycles. The highest BCUT2D eigenvalue weighted by atomic mass is 19.2. The van der Waals surface area contributed by atoms with Gasteiger partial charge in [-0.05, 0) is 17.2 Å². The SMILES string of the molecule is COC(=O)c1ccc(-c2ccc(CO)cc2)c(F)c1F. The molecule has 0 radical (unpaired) electrons. The number of hydrogen-bond acceptors (Lipinski definition) is 3. The van der Waals surface area contributed by atoms with Gasteiger partial charge in [0.15, 0.2) is 11.6 Å². The molecule has 0 saturated heterocycles. The van der Waals surface area contributed by atoms with Gasteiger partial charge in [0, 0.05) is 5.56 Å². The van der Waals surface area contributed by atoms with E-state index in [0.29, 0.717) is 11.1 Å². The lowest BCUT2D eigenvalue weighted by molar-refractivity contribution is 0.0594. The molecule has 3 nitrogen and oxygen atoms in total. The molecule has 0 aromatic heterocycles. The summed E-state index contributed by atoms with van der Waals surface area (Å²) in [6.45, 7) is -0.127. The Hall–Kier alpha value is -2.27. The van der Waals surface area contributed by atoms with Gasteiger partial charge >= 0.3 is 5.97 Å². The number of hydrogen-bond donors (Lipinski definition) is 1. The van der Waals surface area contributed by atoms with Crippen molar-refractivity contribution in [2.75, 3.05) is 7.11 Å². The van der Waals surface area contributed by atoms with Crippen molar-refractivity contribution in [2.24, 2.45) is 0 Å².